The van der Waals surface area contributed by atoms with Crippen LogP contribution in [0.15, 0.2) is 35.6 Å². The van der Waals surface area contributed by atoms with Crippen molar-refractivity contribution in [1.29, 1.82) is 0 Å². The number of likely N-dealkylation sites (tertiary alicyclic amines) is 1. The predicted molar refractivity (Wildman–Crippen MR) is 67.8 cm³/mol. The molecule has 0 N–H and O–H groups in total. The van der Waals surface area contributed by atoms with Crippen molar-refractivity contribution in [2.75, 3.05) is 13.1 Å². The molecule has 0 radical (unpaired) electrons. The second kappa shape index (κ2) is 5.79. The van der Waals surface area contributed by atoms with Crippen molar-refractivity contribution < 1.29 is 0 Å². The predicted octanol–water partition coefficient (Wildman–Crippen LogP) is 3.90. The van der Waals surface area contributed by atoms with Crippen LogP contribution in [0.25, 0.3) is 0 Å². The zero-order valence-electron chi connectivity index (χ0n) is 10.3. The number of rotatable bonds is 2. The van der Waals surface area contributed by atoms with E-state index in [-0.39, 0.29) is 0 Å². The molecule has 0 bridgehead atoms. The molecule has 0 spiro atoms. The SMILES string of the molecule is C=C/C(C)=C1/CCCCN(CC)/C1=C/C. The summed E-state index contributed by atoms with van der Waals surface area (Å²) < 4.78 is 0. The fourth-order valence-corrected chi connectivity index (χ4v) is 2.25. The van der Waals surface area contributed by atoms with Crippen LogP contribution in [0.2, 0.25) is 0 Å². The summed E-state index contributed by atoms with van der Waals surface area (Å²) in [6, 6.07) is 0. The fourth-order valence-electron chi connectivity index (χ4n) is 2.25. The lowest BCUT2D eigenvalue weighted by Crippen LogP contribution is -2.23. The average molecular weight is 205 g/mol. The van der Waals surface area contributed by atoms with Crippen molar-refractivity contribution in [2.45, 2.75) is 40.0 Å². The van der Waals surface area contributed by atoms with Gasteiger partial charge in [-0.05, 0) is 51.2 Å². The zero-order chi connectivity index (χ0) is 11.3. The minimum absolute atomic E-state index is 1.10. The lowest BCUT2D eigenvalue weighted by Gasteiger charge is -2.25. The third-order valence-corrected chi connectivity index (χ3v) is 3.19. The molecule has 1 heteroatoms. The summed E-state index contributed by atoms with van der Waals surface area (Å²) in [7, 11) is 0. The quantitative estimate of drug-likeness (QED) is 0.661. The Labute approximate surface area is 94.2 Å². The first-order valence-corrected chi connectivity index (χ1v) is 5.98. The maximum Gasteiger partial charge on any atom is 0.0357 e. The number of allylic oxidation sites excluding steroid dienone is 4. The summed E-state index contributed by atoms with van der Waals surface area (Å²) in [4.78, 5) is 2.48. The molecule has 0 unspecified atom stereocenters. The van der Waals surface area contributed by atoms with Gasteiger partial charge < -0.3 is 4.90 Å². The highest BCUT2D eigenvalue weighted by Crippen LogP contribution is 2.28. The van der Waals surface area contributed by atoms with E-state index in [1.165, 1.54) is 42.7 Å². The lowest BCUT2D eigenvalue weighted by atomic mass is 10.0. The Morgan fingerprint density at radius 2 is 2.20 bits per heavy atom. The highest BCUT2D eigenvalue weighted by Gasteiger charge is 2.16. The second-order valence-corrected chi connectivity index (χ2v) is 4.08. The first-order valence-electron chi connectivity index (χ1n) is 5.98. The molecule has 1 aliphatic heterocycles. The molecule has 1 aliphatic rings. The molecular formula is C14H23N. The number of nitrogens with zero attached hydrogens (tertiary/aromatic N) is 1. The van der Waals surface area contributed by atoms with Gasteiger partial charge in [0.1, 0.15) is 0 Å². The molecule has 1 heterocycles. The van der Waals surface area contributed by atoms with Gasteiger partial charge in [-0.3, -0.25) is 0 Å². The van der Waals surface area contributed by atoms with Crippen LogP contribution in [0, 0.1) is 0 Å². The van der Waals surface area contributed by atoms with Gasteiger partial charge in [0.25, 0.3) is 0 Å². The van der Waals surface area contributed by atoms with E-state index in [4.69, 9.17) is 0 Å². The van der Waals surface area contributed by atoms with E-state index in [2.05, 4.69) is 38.3 Å². The minimum Gasteiger partial charge on any atom is -0.372 e. The van der Waals surface area contributed by atoms with Gasteiger partial charge in [0.2, 0.25) is 0 Å². The standard InChI is InChI=1S/C14H23N/c1-5-12(4)13-10-8-9-11-15(7-3)14(13)6-2/h5-6H,1,7-11H2,2-4H3/b13-12-,14-6+. The minimum atomic E-state index is 1.10. The molecule has 0 aliphatic carbocycles. The maximum absolute atomic E-state index is 3.88. The van der Waals surface area contributed by atoms with Gasteiger partial charge in [-0.2, -0.15) is 0 Å². The lowest BCUT2D eigenvalue weighted by molar-refractivity contribution is 0.372. The molecule has 1 nitrogen and oxygen atoms in total. The molecule has 84 valence electrons. The van der Waals surface area contributed by atoms with E-state index in [0.717, 1.165) is 6.54 Å². The van der Waals surface area contributed by atoms with Crippen molar-refractivity contribution in [3.05, 3.63) is 35.6 Å². The highest BCUT2D eigenvalue weighted by molar-refractivity contribution is 5.38. The molecule has 1 rings (SSSR count). The first kappa shape index (κ1) is 12.1. The normalized spacial score (nSPS) is 23.9. The van der Waals surface area contributed by atoms with Gasteiger partial charge in [0.15, 0.2) is 0 Å². The first-order chi connectivity index (χ1) is 7.24. The summed E-state index contributed by atoms with van der Waals surface area (Å²) in [6.45, 7) is 12.7. The van der Waals surface area contributed by atoms with Crippen LogP contribution in [0.3, 0.4) is 0 Å². The summed E-state index contributed by atoms with van der Waals surface area (Å²) >= 11 is 0. The van der Waals surface area contributed by atoms with E-state index in [0.29, 0.717) is 0 Å². The number of likely N-dealkylation sites (N-methyl/N-ethyl adjacent to an activating group) is 1. The van der Waals surface area contributed by atoms with E-state index in [1.54, 1.807) is 0 Å². The van der Waals surface area contributed by atoms with Crippen molar-refractivity contribution >= 4 is 0 Å². The van der Waals surface area contributed by atoms with Gasteiger partial charge in [-0.15, -0.1) is 0 Å². The van der Waals surface area contributed by atoms with E-state index < -0.39 is 0 Å². The van der Waals surface area contributed by atoms with Crippen LogP contribution >= 0.6 is 0 Å². The third kappa shape index (κ3) is 2.74. The van der Waals surface area contributed by atoms with E-state index in [1.807, 2.05) is 6.08 Å². The van der Waals surface area contributed by atoms with Crippen molar-refractivity contribution in [2.24, 2.45) is 0 Å². The monoisotopic (exact) mass is 205 g/mol. The molecule has 0 atom stereocenters. The Morgan fingerprint density at radius 1 is 1.47 bits per heavy atom. The van der Waals surface area contributed by atoms with Crippen molar-refractivity contribution in [3.63, 3.8) is 0 Å². The molecule has 15 heavy (non-hydrogen) atoms. The molecule has 1 fully saturated rings. The van der Waals surface area contributed by atoms with Gasteiger partial charge in [0, 0.05) is 18.8 Å². The molecule has 0 aromatic heterocycles. The molecular weight excluding hydrogens is 182 g/mol. The Balaban J connectivity index is 3.08. The zero-order valence-corrected chi connectivity index (χ0v) is 10.3. The van der Waals surface area contributed by atoms with Crippen LogP contribution in [-0.2, 0) is 0 Å². The molecule has 0 amide bonds. The Hall–Kier alpha value is -0.980. The van der Waals surface area contributed by atoms with Crippen LogP contribution in [0.1, 0.15) is 40.0 Å². The van der Waals surface area contributed by atoms with Crippen molar-refractivity contribution in [3.8, 4) is 0 Å². The second-order valence-electron chi connectivity index (χ2n) is 4.08. The topological polar surface area (TPSA) is 3.24 Å². The van der Waals surface area contributed by atoms with Crippen LogP contribution in [-0.4, -0.2) is 18.0 Å². The van der Waals surface area contributed by atoms with Crippen molar-refractivity contribution in [1.82, 2.24) is 4.90 Å². The fraction of sp³-hybridized carbons (Fsp3) is 0.571. The van der Waals surface area contributed by atoms with Crippen LogP contribution in [0.5, 0.6) is 0 Å². The molecule has 0 saturated carbocycles. The van der Waals surface area contributed by atoms with Crippen LogP contribution < -0.4 is 0 Å². The number of hydrogen-bond donors (Lipinski definition) is 0. The summed E-state index contributed by atoms with van der Waals surface area (Å²) in [5.41, 5.74) is 4.25. The van der Waals surface area contributed by atoms with Crippen LogP contribution in [0.4, 0.5) is 0 Å². The van der Waals surface area contributed by atoms with Gasteiger partial charge in [0.05, 0.1) is 0 Å². The van der Waals surface area contributed by atoms with E-state index in [9.17, 15) is 0 Å². The van der Waals surface area contributed by atoms with Gasteiger partial charge >= 0.3 is 0 Å². The Morgan fingerprint density at radius 3 is 2.73 bits per heavy atom. The maximum atomic E-state index is 3.88. The Bertz CT molecular complexity index is 284. The summed E-state index contributed by atoms with van der Waals surface area (Å²) in [6.07, 6.45) is 8.04. The summed E-state index contributed by atoms with van der Waals surface area (Å²) in [5.74, 6) is 0. The smallest absolute Gasteiger partial charge is 0.0357 e. The van der Waals surface area contributed by atoms with Gasteiger partial charge in [-0.25, -0.2) is 0 Å². The van der Waals surface area contributed by atoms with E-state index >= 15 is 0 Å². The largest absolute Gasteiger partial charge is 0.372 e. The molecule has 0 aromatic carbocycles. The Kier molecular flexibility index (Phi) is 4.67. The third-order valence-electron chi connectivity index (χ3n) is 3.19. The summed E-state index contributed by atoms with van der Waals surface area (Å²) in [5, 5.41) is 0. The van der Waals surface area contributed by atoms with Gasteiger partial charge in [-0.1, -0.05) is 18.7 Å². The number of hydrogen-bond acceptors (Lipinski definition) is 1. The average Bonchev–Trinajstić information content (AvgIpc) is 2.48. The molecule has 1 saturated heterocycles. The molecule has 0 aromatic rings. The highest BCUT2D eigenvalue weighted by atomic mass is 15.1.